The number of fused-ring (bicyclic) bond motifs is 2. The fourth-order valence-corrected chi connectivity index (χ4v) is 6.46. The number of methoxy groups -OCH3 is 2. The molecule has 1 aliphatic rings. The molecule has 1 aliphatic heterocycles. The Hall–Kier alpha value is -4.32. The van der Waals surface area contributed by atoms with Crippen LogP contribution in [-0.4, -0.2) is 38.5 Å². The first-order valence-electron chi connectivity index (χ1n) is 16.0. The molecule has 0 fully saturated rings. The summed E-state index contributed by atoms with van der Waals surface area (Å²) in [5.41, 5.74) is 9.91. The van der Waals surface area contributed by atoms with Crippen molar-refractivity contribution in [2.75, 3.05) is 24.0 Å². The molecule has 4 aromatic carbocycles. The van der Waals surface area contributed by atoms with Gasteiger partial charge in [-0.25, -0.2) is 0 Å². The van der Waals surface area contributed by atoms with Gasteiger partial charge < -0.3 is 28.7 Å². The molecule has 0 amide bonds. The Morgan fingerprint density at radius 2 is 1.00 bits per heavy atom. The highest BCUT2D eigenvalue weighted by molar-refractivity contribution is 5.99. The van der Waals surface area contributed by atoms with Gasteiger partial charge in [0.25, 0.3) is 0 Å². The van der Waals surface area contributed by atoms with E-state index < -0.39 is 0 Å². The van der Waals surface area contributed by atoms with Gasteiger partial charge in [0.2, 0.25) is 0 Å². The molecule has 6 nitrogen and oxygen atoms in total. The van der Waals surface area contributed by atoms with Crippen molar-refractivity contribution in [2.45, 2.75) is 86.6 Å². The zero-order valence-corrected chi connectivity index (χ0v) is 28.7. The number of hydrogen-bond acceptors (Lipinski definition) is 6. The third-order valence-corrected chi connectivity index (χ3v) is 8.03. The van der Waals surface area contributed by atoms with Crippen molar-refractivity contribution in [3.8, 4) is 45.3 Å². The van der Waals surface area contributed by atoms with E-state index in [9.17, 15) is 0 Å². The third kappa shape index (κ3) is 6.03. The molecule has 5 rings (SSSR count). The molecule has 0 atom stereocenters. The summed E-state index contributed by atoms with van der Waals surface area (Å²) in [5, 5.41) is 0. The van der Waals surface area contributed by atoms with E-state index in [1.54, 1.807) is 14.2 Å². The van der Waals surface area contributed by atoms with Crippen LogP contribution in [0, 0.1) is 6.92 Å². The molecule has 1 heterocycles. The molecule has 6 heteroatoms. The molecule has 0 saturated heterocycles. The van der Waals surface area contributed by atoms with Gasteiger partial charge in [-0.2, -0.15) is 0 Å². The molecule has 0 spiro atoms. The monoisotopic (exact) mass is 608 g/mol. The van der Waals surface area contributed by atoms with Crippen LogP contribution in [0.25, 0.3) is 22.3 Å². The zero-order chi connectivity index (χ0) is 32.6. The minimum absolute atomic E-state index is 0.0361. The van der Waals surface area contributed by atoms with E-state index in [4.69, 9.17) is 18.9 Å². The number of rotatable bonds is 10. The molecule has 0 radical (unpaired) electrons. The van der Waals surface area contributed by atoms with E-state index in [-0.39, 0.29) is 24.3 Å². The van der Waals surface area contributed by atoms with Crippen molar-refractivity contribution in [1.29, 1.82) is 0 Å². The number of ether oxygens (including phenoxy) is 4. The highest BCUT2D eigenvalue weighted by Crippen LogP contribution is 2.55. The minimum Gasteiger partial charge on any atom is -0.496 e. The quantitative estimate of drug-likeness (QED) is 0.178. The zero-order valence-electron chi connectivity index (χ0n) is 28.7. The average molecular weight is 609 g/mol. The summed E-state index contributed by atoms with van der Waals surface area (Å²) >= 11 is 0. The van der Waals surface area contributed by atoms with Crippen molar-refractivity contribution in [3.63, 3.8) is 0 Å². The van der Waals surface area contributed by atoms with Crippen LogP contribution in [0.15, 0.2) is 66.7 Å². The van der Waals surface area contributed by atoms with Crippen molar-refractivity contribution < 1.29 is 18.9 Å². The minimum atomic E-state index is 0.0361. The Balaban J connectivity index is 1.75. The second-order valence-corrected chi connectivity index (χ2v) is 12.8. The van der Waals surface area contributed by atoms with E-state index in [0.29, 0.717) is 0 Å². The lowest BCUT2D eigenvalue weighted by molar-refractivity contribution is 0.242. The molecule has 0 aliphatic carbocycles. The highest BCUT2D eigenvalue weighted by Gasteiger charge is 2.34. The summed E-state index contributed by atoms with van der Waals surface area (Å²) in [6, 6.07) is 23.7. The molecule has 0 aromatic heterocycles. The first-order chi connectivity index (χ1) is 21.5. The first-order valence-corrected chi connectivity index (χ1v) is 16.0. The molecule has 4 aromatic rings. The molecular weight excluding hydrogens is 560 g/mol. The summed E-state index contributed by atoms with van der Waals surface area (Å²) in [6.45, 7) is 19.4. The summed E-state index contributed by atoms with van der Waals surface area (Å²) in [6.07, 6.45) is 0.0736. The number of aryl methyl sites for hydroxylation is 1. The number of hydrogen-bond donors (Lipinski definition) is 0. The Labute approximate surface area is 269 Å². The standard InChI is InChI=1S/C39H48N2O4/c1-23(2)40-30-19-18-28(37-33(42-10)14-12-16-35(37)44-25(5)6)21-31(30)41(24(3)4)39-27(9)20-29(22-32(39)40)38-34(43-11)15-13-17-36(38)45-26(7)8/h12-26H,1-11H3. The second kappa shape index (κ2) is 13.0. The van der Waals surface area contributed by atoms with Crippen molar-refractivity contribution in [2.24, 2.45) is 0 Å². The summed E-state index contributed by atoms with van der Waals surface area (Å²) in [7, 11) is 3.44. The Bertz CT molecular complexity index is 1670. The van der Waals surface area contributed by atoms with Crippen LogP contribution >= 0.6 is 0 Å². The van der Waals surface area contributed by atoms with E-state index in [1.807, 2.05) is 50.2 Å². The SMILES string of the molecule is COc1cccc(OC(C)C)c1-c1ccc2c(c1)N(C(C)C)c1c(C)cc(-c3c(OC)cccc3OC(C)C)cc1N2C(C)C. The van der Waals surface area contributed by atoms with E-state index in [2.05, 4.69) is 88.6 Å². The predicted molar refractivity (Wildman–Crippen MR) is 188 cm³/mol. The lowest BCUT2D eigenvalue weighted by Crippen LogP contribution is -2.37. The maximum absolute atomic E-state index is 6.30. The van der Waals surface area contributed by atoms with Crippen LogP contribution in [0.3, 0.4) is 0 Å². The van der Waals surface area contributed by atoms with Gasteiger partial charge in [0.1, 0.15) is 23.0 Å². The van der Waals surface area contributed by atoms with Crippen molar-refractivity contribution in [1.82, 2.24) is 0 Å². The van der Waals surface area contributed by atoms with Gasteiger partial charge >= 0.3 is 0 Å². The highest BCUT2D eigenvalue weighted by atomic mass is 16.5. The molecule has 0 unspecified atom stereocenters. The average Bonchev–Trinajstić information content (AvgIpc) is 2.98. The van der Waals surface area contributed by atoms with E-state index in [1.165, 1.54) is 11.3 Å². The molecule has 0 N–H and O–H groups in total. The van der Waals surface area contributed by atoms with Gasteiger partial charge in [-0.15, -0.1) is 0 Å². The lowest BCUT2D eigenvalue weighted by atomic mass is 9.93. The smallest absolute Gasteiger partial charge is 0.131 e. The number of nitrogens with zero attached hydrogens (tertiary/aromatic N) is 2. The lowest BCUT2D eigenvalue weighted by Gasteiger charge is -2.45. The Kier molecular flexibility index (Phi) is 9.24. The number of anilines is 4. The van der Waals surface area contributed by atoms with Gasteiger partial charge in [-0.1, -0.05) is 18.2 Å². The topological polar surface area (TPSA) is 43.4 Å². The van der Waals surface area contributed by atoms with Gasteiger partial charge in [0.05, 0.1) is 60.3 Å². The van der Waals surface area contributed by atoms with Crippen LogP contribution in [0.1, 0.15) is 61.0 Å². The third-order valence-electron chi connectivity index (χ3n) is 8.03. The van der Waals surface area contributed by atoms with Gasteiger partial charge in [-0.05, 0) is 128 Å². The molecule has 238 valence electrons. The Morgan fingerprint density at radius 1 is 0.511 bits per heavy atom. The fraction of sp³-hybridized carbons (Fsp3) is 0.385. The molecule has 45 heavy (non-hydrogen) atoms. The maximum atomic E-state index is 6.30. The Morgan fingerprint density at radius 3 is 1.49 bits per heavy atom. The van der Waals surface area contributed by atoms with E-state index in [0.717, 1.165) is 62.3 Å². The number of benzene rings is 4. The largest absolute Gasteiger partial charge is 0.496 e. The van der Waals surface area contributed by atoms with Crippen LogP contribution < -0.4 is 28.7 Å². The summed E-state index contributed by atoms with van der Waals surface area (Å²) < 4.78 is 24.3. The fourth-order valence-electron chi connectivity index (χ4n) is 6.46. The van der Waals surface area contributed by atoms with Gasteiger partial charge in [0.15, 0.2) is 0 Å². The van der Waals surface area contributed by atoms with Crippen LogP contribution in [-0.2, 0) is 0 Å². The normalized spacial score (nSPS) is 12.6. The molecule has 0 saturated carbocycles. The van der Waals surface area contributed by atoms with E-state index >= 15 is 0 Å². The maximum Gasteiger partial charge on any atom is 0.131 e. The van der Waals surface area contributed by atoms with Crippen LogP contribution in [0.2, 0.25) is 0 Å². The first kappa shape index (κ1) is 32.1. The van der Waals surface area contributed by atoms with Crippen LogP contribution in [0.5, 0.6) is 23.0 Å². The second-order valence-electron chi connectivity index (χ2n) is 12.8. The van der Waals surface area contributed by atoms with Gasteiger partial charge in [0, 0.05) is 12.1 Å². The molecular formula is C39H48N2O4. The van der Waals surface area contributed by atoms with Crippen molar-refractivity contribution in [3.05, 3.63) is 72.3 Å². The predicted octanol–water partition coefficient (Wildman–Crippen LogP) is 10.3. The van der Waals surface area contributed by atoms with Crippen molar-refractivity contribution >= 4 is 22.7 Å². The van der Waals surface area contributed by atoms with Crippen LogP contribution in [0.4, 0.5) is 22.7 Å². The van der Waals surface area contributed by atoms with Gasteiger partial charge in [-0.3, -0.25) is 0 Å². The molecule has 0 bridgehead atoms. The summed E-state index contributed by atoms with van der Waals surface area (Å²) in [4.78, 5) is 4.92. The summed E-state index contributed by atoms with van der Waals surface area (Å²) in [5.74, 6) is 3.21.